The van der Waals surface area contributed by atoms with Gasteiger partial charge in [-0.1, -0.05) is 0 Å². The molecule has 4 nitrogen and oxygen atoms in total. The van der Waals surface area contributed by atoms with E-state index in [1.807, 2.05) is 0 Å². The molecule has 0 bridgehead atoms. The van der Waals surface area contributed by atoms with E-state index in [4.69, 9.17) is 5.11 Å². The Balaban J connectivity index is 2.45. The second-order valence-corrected chi connectivity index (χ2v) is 2.53. The highest BCUT2D eigenvalue weighted by Gasteiger charge is 2.19. The van der Waals surface area contributed by atoms with Crippen LogP contribution >= 0.6 is 0 Å². The summed E-state index contributed by atoms with van der Waals surface area (Å²) >= 11 is 0. The van der Waals surface area contributed by atoms with E-state index in [1.165, 1.54) is 0 Å². The number of hydrogen-bond acceptors (Lipinski definition) is 2. The molecule has 0 aromatic heterocycles. The summed E-state index contributed by atoms with van der Waals surface area (Å²) in [5.41, 5.74) is 0. The Hall–Kier alpha value is -0.840. The molecule has 1 atom stereocenters. The van der Waals surface area contributed by atoms with E-state index in [1.54, 1.807) is 0 Å². The first kappa shape index (κ1) is 8.26. The first-order valence-corrected chi connectivity index (χ1v) is 3.53. The SMILES string of the molecule is O=C(O)N1CCNCC(F)C1. The number of alkyl halides is 1. The smallest absolute Gasteiger partial charge is 0.407 e. The molecular formula is C6H11FN2O2. The summed E-state index contributed by atoms with van der Waals surface area (Å²) in [4.78, 5) is 11.5. The second kappa shape index (κ2) is 3.52. The molecule has 1 aliphatic rings. The van der Waals surface area contributed by atoms with Crippen molar-refractivity contribution in [2.45, 2.75) is 6.17 Å². The molecule has 1 amide bonds. The number of halogens is 1. The molecule has 1 saturated heterocycles. The van der Waals surface area contributed by atoms with Gasteiger partial charge in [0, 0.05) is 19.6 Å². The molecule has 0 aromatic rings. The minimum Gasteiger partial charge on any atom is -0.465 e. The largest absolute Gasteiger partial charge is 0.465 e. The van der Waals surface area contributed by atoms with Crippen LogP contribution < -0.4 is 5.32 Å². The van der Waals surface area contributed by atoms with Gasteiger partial charge in [0.05, 0.1) is 6.54 Å². The zero-order chi connectivity index (χ0) is 8.27. The van der Waals surface area contributed by atoms with Gasteiger partial charge in [-0.2, -0.15) is 0 Å². The van der Waals surface area contributed by atoms with Crippen molar-refractivity contribution in [3.63, 3.8) is 0 Å². The molecule has 0 saturated carbocycles. The van der Waals surface area contributed by atoms with Gasteiger partial charge in [-0.3, -0.25) is 0 Å². The summed E-state index contributed by atoms with van der Waals surface area (Å²) in [6.07, 6.45) is -2.12. The molecular weight excluding hydrogens is 151 g/mol. The molecule has 1 aliphatic heterocycles. The number of nitrogens with one attached hydrogen (secondary N) is 1. The third-order valence-electron chi connectivity index (χ3n) is 1.61. The van der Waals surface area contributed by atoms with Crippen LogP contribution in [0.5, 0.6) is 0 Å². The Morgan fingerprint density at radius 3 is 3.09 bits per heavy atom. The van der Waals surface area contributed by atoms with E-state index < -0.39 is 12.3 Å². The summed E-state index contributed by atoms with van der Waals surface area (Å²) in [5, 5.41) is 11.3. The maximum atomic E-state index is 12.7. The Kier molecular flexibility index (Phi) is 2.64. The predicted molar refractivity (Wildman–Crippen MR) is 37.4 cm³/mol. The highest BCUT2D eigenvalue weighted by atomic mass is 19.1. The zero-order valence-electron chi connectivity index (χ0n) is 6.09. The Labute approximate surface area is 64.0 Å². The minimum absolute atomic E-state index is 0.0116. The first-order valence-electron chi connectivity index (χ1n) is 3.53. The van der Waals surface area contributed by atoms with Crippen LogP contribution in [0.15, 0.2) is 0 Å². The van der Waals surface area contributed by atoms with Crippen molar-refractivity contribution in [3.05, 3.63) is 0 Å². The van der Waals surface area contributed by atoms with Crippen LogP contribution in [0.25, 0.3) is 0 Å². The number of carbonyl (C=O) groups is 1. The third-order valence-corrected chi connectivity index (χ3v) is 1.61. The van der Waals surface area contributed by atoms with Crippen molar-refractivity contribution in [1.29, 1.82) is 0 Å². The lowest BCUT2D eigenvalue weighted by Gasteiger charge is -2.16. The Bertz CT molecular complexity index is 154. The van der Waals surface area contributed by atoms with Crippen LogP contribution in [-0.2, 0) is 0 Å². The van der Waals surface area contributed by atoms with E-state index >= 15 is 0 Å². The van der Waals surface area contributed by atoms with Gasteiger partial charge in [0.1, 0.15) is 6.17 Å². The summed E-state index contributed by atoms with van der Waals surface area (Å²) in [5.74, 6) is 0. The molecule has 5 heteroatoms. The van der Waals surface area contributed by atoms with Crippen LogP contribution in [0.1, 0.15) is 0 Å². The lowest BCUT2D eigenvalue weighted by Crippen LogP contribution is -2.35. The fraction of sp³-hybridized carbons (Fsp3) is 0.833. The van der Waals surface area contributed by atoms with Crippen molar-refractivity contribution in [3.8, 4) is 0 Å². The summed E-state index contributed by atoms with van der Waals surface area (Å²) in [7, 11) is 0. The van der Waals surface area contributed by atoms with Crippen molar-refractivity contribution in [2.24, 2.45) is 0 Å². The third kappa shape index (κ3) is 2.34. The number of rotatable bonds is 0. The van der Waals surface area contributed by atoms with Crippen molar-refractivity contribution < 1.29 is 14.3 Å². The molecule has 0 spiro atoms. The molecule has 1 unspecified atom stereocenters. The van der Waals surface area contributed by atoms with Gasteiger partial charge in [0.2, 0.25) is 0 Å². The van der Waals surface area contributed by atoms with Crippen molar-refractivity contribution in [2.75, 3.05) is 26.2 Å². The molecule has 0 radical (unpaired) electrons. The summed E-state index contributed by atoms with van der Waals surface area (Å²) < 4.78 is 12.7. The lowest BCUT2D eigenvalue weighted by atomic mass is 10.4. The van der Waals surface area contributed by atoms with Crippen LogP contribution in [0.2, 0.25) is 0 Å². The van der Waals surface area contributed by atoms with Gasteiger partial charge in [0.15, 0.2) is 0 Å². The molecule has 11 heavy (non-hydrogen) atoms. The number of hydrogen-bond donors (Lipinski definition) is 2. The fourth-order valence-corrected chi connectivity index (χ4v) is 1.04. The van der Waals surface area contributed by atoms with Gasteiger partial charge in [-0.05, 0) is 0 Å². The Morgan fingerprint density at radius 2 is 2.45 bits per heavy atom. The van der Waals surface area contributed by atoms with E-state index in [0.717, 1.165) is 4.90 Å². The average molecular weight is 162 g/mol. The van der Waals surface area contributed by atoms with Gasteiger partial charge in [-0.15, -0.1) is 0 Å². The average Bonchev–Trinajstić information content (AvgIpc) is 2.13. The lowest BCUT2D eigenvalue weighted by molar-refractivity contribution is 0.136. The monoisotopic (exact) mass is 162 g/mol. The Morgan fingerprint density at radius 1 is 1.73 bits per heavy atom. The van der Waals surface area contributed by atoms with E-state index in [2.05, 4.69) is 5.32 Å². The van der Waals surface area contributed by atoms with Crippen molar-refractivity contribution in [1.82, 2.24) is 10.2 Å². The predicted octanol–water partition coefficient (Wildman–Crippen LogP) is -0.0923. The topological polar surface area (TPSA) is 52.6 Å². The molecule has 0 aliphatic carbocycles. The van der Waals surface area contributed by atoms with Gasteiger partial charge < -0.3 is 15.3 Å². The first-order chi connectivity index (χ1) is 5.20. The zero-order valence-corrected chi connectivity index (χ0v) is 6.09. The van der Waals surface area contributed by atoms with Gasteiger partial charge in [-0.25, -0.2) is 9.18 Å². The van der Waals surface area contributed by atoms with Crippen LogP contribution in [-0.4, -0.2) is 48.5 Å². The molecule has 0 aromatic carbocycles. The van der Waals surface area contributed by atoms with E-state index in [0.29, 0.717) is 13.1 Å². The van der Waals surface area contributed by atoms with E-state index in [9.17, 15) is 9.18 Å². The highest BCUT2D eigenvalue weighted by molar-refractivity contribution is 5.65. The van der Waals surface area contributed by atoms with Gasteiger partial charge >= 0.3 is 6.09 Å². The second-order valence-electron chi connectivity index (χ2n) is 2.53. The van der Waals surface area contributed by atoms with Crippen LogP contribution in [0.3, 0.4) is 0 Å². The normalized spacial score (nSPS) is 26.3. The van der Waals surface area contributed by atoms with E-state index in [-0.39, 0.29) is 13.1 Å². The summed E-state index contributed by atoms with van der Waals surface area (Å²) in [6.45, 7) is 1.15. The number of nitrogens with zero attached hydrogens (tertiary/aromatic N) is 1. The number of carboxylic acid groups (broad SMARTS) is 1. The van der Waals surface area contributed by atoms with Gasteiger partial charge in [0.25, 0.3) is 0 Å². The molecule has 1 fully saturated rings. The van der Waals surface area contributed by atoms with Crippen LogP contribution in [0.4, 0.5) is 9.18 Å². The highest BCUT2D eigenvalue weighted by Crippen LogP contribution is 1.99. The fourth-order valence-electron chi connectivity index (χ4n) is 1.04. The molecule has 2 N–H and O–H groups in total. The molecule has 1 rings (SSSR count). The summed E-state index contributed by atoms with van der Waals surface area (Å²) in [6, 6.07) is 0. The van der Waals surface area contributed by atoms with Crippen molar-refractivity contribution >= 4 is 6.09 Å². The number of amides is 1. The quantitative estimate of drug-likeness (QED) is 0.523. The maximum absolute atomic E-state index is 12.7. The maximum Gasteiger partial charge on any atom is 0.407 e. The van der Waals surface area contributed by atoms with Crippen LogP contribution in [0, 0.1) is 0 Å². The minimum atomic E-state index is -1.08. The molecule has 64 valence electrons. The standard InChI is InChI=1S/C6H11FN2O2/c7-5-3-8-1-2-9(4-5)6(10)11/h5,8H,1-4H2,(H,10,11). The molecule has 1 heterocycles.